The lowest BCUT2D eigenvalue weighted by Crippen LogP contribution is -2.23. The fraction of sp³-hybridized carbons (Fsp3) is 0.600. The summed E-state index contributed by atoms with van der Waals surface area (Å²) in [6, 6.07) is 6.98. The van der Waals surface area contributed by atoms with Crippen LogP contribution in [0.4, 0.5) is 0 Å². The van der Waals surface area contributed by atoms with Crippen LogP contribution in [0.15, 0.2) is 23.4 Å². The third-order valence-corrected chi connectivity index (χ3v) is 5.67. The van der Waals surface area contributed by atoms with Crippen LogP contribution in [0.25, 0.3) is 0 Å². The molecule has 0 radical (unpaired) electrons. The van der Waals surface area contributed by atoms with Crippen LogP contribution < -0.4 is 0 Å². The molecule has 0 N–H and O–H groups in total. The molecule has 0 aliphatic carbocycles. The number of nitrogens with zero attached hydrogens (tertiary/aromatic N) is 4. The SMILES string of the molecule is CCCCn1c(SCc2cc(C)ccc2C)nnc1C(CC)N(C)C. The van der Waals surface area contributed by atoms with Crippen molar-refractivity contribution in [3.8, 4) is 0 Å². The van der Waals surface area contributed by atoms with E-state index in [2.05, 4.69) is 79.7 Å². The lowest BCUT2D eigenvalue weighted by Gasteiger charge is -2.23. The van der Waals surface area contributed by atoms with Gasteiger partial charge in [-0.15, -0.1) is 10.2 Å². The van der Waals surface area contributed by atoms with Crippen LogP contribution in [-0.2, 0) is 12.3 Å². The van der Waals surface area contributed by atoms with Crippen LogP contribution in [0.2, 0.25) is 0 Å². The van der Waals surface area contributed by atoms with Gasteiger partial charge in [-0.3, -0.25) is 4.90 Å². The van der Waals surface area contributed by atoms with E-state index in [1.165, 1.54) is 23.1 Å². The van der Waals surface area contributed by atoms with Crippen LogP contribution in [-0.4, -0.2) is 33.8 Å². The molecule has 0 saturated heterocycles. The van der Waals surface area contributed by atoms with Gasteiger partial charge in [-0.05, 0) is 51.9 Å². The fourth-order valence-electron chi connectivity index (χ4n) is 3.06. The number of hydrogen-bond donors (Lipinski definition) is 0. The van der Waals surface area contributed by atoms with Crippen molar-refractivity contribution in [2.75, 3.05) is 14.1 Å². The third-order valence-electron chi connectivity index (χ3n) is 4.65. The number of rotatable bonds is 9. The highest BCUT2D eigenvalue weighted by Gasteiger charge is 2.21. The average molecular weight is 361 g/mol. The Bertz CT molecular complexity index is 678. The van der Waals surface area contributed by atoms with E-state index in [4.69, 9.17) is 0 Å². The van der Waals surface area contributed by atoms with E-state index in [0.717, 1.165) is 36.1 Å². The first kappa shape index (κ1) is 20.0. The van der Waals surface area contributed by atoms with Crippen molar-refractivity contribution < 1.29 is 0 Å². The number of hydrogen-bond acceptors (Lipinski definition) is 4. The van der Waals surface area contributed by atoms with Crippen molar-refractivity contribution in [3.05, 3.63) is 40.7 Å². The number of unbranched alkanes of at least 4 members (excludes halogenated alkanes) is 1. The van der Waals surface area contributed by atoms with E-state index >= 15 is 0 Å². The Balaban J connectivity index is 2.24. The third kappa shape index (κ3) is 5.08. The first-order chi connectivity index (χ1) is 12.0. The van der Waals surface area contributed by atoms with Crippen molar-refractivity contribution in [2.24, 2.45) is 0 Å². The highest BCUT2D eigenvalue weighted by molar-refractivity contribution is 7.98. The molecule has 0 bridgehead atoms. The van der Waals surface area contributed by atoms with E-state index in [1.54, 1.807) is 11.8 Å². The largest absolute Gasteiger partial charge is 0.305 e. The van der Waals surface area contributed by atoms with Crippen LogP contribution >= 0.6 is 11.8 Å². The average Bonchev–Trinajstić information content (AvgIpc) is 2.96. The summed E-state index contributed by atoms with van der Waals surface area (Å²) >= 11 is 1.80. The minimum atomic E-state index is 0.319. The van der Waals surface area contributed by atoms with Crippen LogP contribution in [0, 0.1) is 13.8 Å². The quantitative estimate of drug-likeness (QED) is 0.589. The summed E-state index contributed by atoms with van der Waals surface area (Å²) in [7, 11) is 4.24. The van der Waals surface area contributed by atoms with Gasteiger partial charge < -0.3 is 4.57 Å². The molecule has 2 rings (SSSR count). The Morgan fingerprint density at radius 3 is 2.56 bits per heavy atom. The minimum Gasteiger partial charge on any atom is -0.305 e. The smallest absolute Gasteiger partial charge is 0.191 e. The molecule has 0 fully saturated rings. The standard InChI is InChI=1S/C20H32N4S/c1-7-9-12-24-19(18(8-2)23(5)6)21-22-20(24)25-14-17-13-15(3)10-11-16(17)4/h10-11,13,18H,7-9,12,14H2,1-6H3. The lowest BCUT2D eigenvalue weighted by atomic mass is 10.1. The molecule has 1 aromatic heterocycles. The molecule has 0 aliphatic heterocycles. The summed E-state index contributed by atoms with van der Waals surface area (Å²) in [6.07, 6.45) is 3.38. The van der Waals surface area contributed by atoms with Crippen molar-refractivity contribution in [1.82, 2.24) is 19.7 Å². The molecule has 0 aliphatic rings. The fourth-order valence-corrected chi connectivity index (χ4v) is 4.09. The van der Waals surface area contributed by atoms with Gasteiger partial charge in [-0.25, -0.2) is 0 Å². The topological polar surface area (TPSA) is 34.0 Å². The van der Waals surface area contributed by atoms with E-state index < -0.39 is 0 Å². The molecule has 138 valence electrons. The van der Waals surface area contributed by atoms with Gasteiger partial charge in [0.05, 0.1) is 6.04 Å². The van der Waals surface area contributed by atoms with Gasteiger partial charge >= 0.3 is 0 Å². The van der Waals surface area contributed by atoms with Crippen molar-refractivity contribution in [3.63, 3.8) is 0 Å². The summed E-state index contributed by atoms with van der Waals surface area (Å²) in [5.74, 6) is 2.04. The Kier molecular flexibility index (Phi) is 7.51. The van der Waals surface area contributed by atoms with Gasteiger partial charge in [0.2, 0.25) is 0 Å². The molecule has 0 spiro atoms. The number of aryl methyl sites for hydroxylation is 2. The lowest BCUT2D eigenvalue weighted by molar-refractivity contribution is 0.270. The van der Waals surface area contributed by atoms with E-state index in [1.807, 2.05) is 0 Å². The summed E-state index contributed by atoms with van der Waals surface area (Å²) < 4.78 is 2.34. The van der Waals surface area contributed by atoms with Gasteiger partial charge in [-0.1, -0.05) is 55.8 Å². The Labute approximate surface area is 157 Å². The zero-order valence-corrected chi connectivity index (χ0v) is 17.4. The second-order valence-corrected chi connectivity index (χ2v) is 7.89. The molecule has 1 heterocycles. The second-order valence-electron chi connectivity index (χ2n) is 6.95. The van der Waals surface area contributed by atoms with Gasteiger partial charge in [0.15, 0.2) is 11.0 Å². The number of aromatic nitrogens is 3. The molecule has 0 amide bonds. The van der Waals surface area contributed by atoms with Gasteiger partial charge in [0.1, 0.15) is 0 Å². The molecule has 5 heteroatoms. The predicted molar refractivity (Wildman–Crippen MR) is 107 cm³/mol. The predicted octanol–water partition coefficient (Wildman–Crippen LogP) is 5.00. The van der Waals surface area contributed by atoms with E-state index in [9.17, 15) is 0 Å². The monoisotopic (exact) mass is 360 g/mol. The summed E-state index contributed by atoms with van der Waals surface area (Å²) in [4.78, 5) is 2.24. The molecular formula is C20H32N4S. The highest BCUT2D eigenvalue weighted by atomic mass is 32.2. The normalized spacial score (nSPS) is 12.8. The van der Waals surface area contributed by atoms with Gasteiger partial charge in [-0.2, -0.15) is 0 Å². The van der Waals surface area contributed by atoms with E-state index in [0.29, 0.717) is 6.04 Å². The first-order valence-corrected chi connectivity index (χ1v) is 10.2. The summed E-state index contributed by atoms with van der Waals surface area (Å²) in [5, 5.41) is 10.1. The zero-order valence-electron chi connectivity index (χ0n) is 16.5. The maximum absolute atomic E-state index is 4.56. The van der Waals surface area contributed by atoms with E-state index in [-0.39, 0.29) is 0 Å². The molecule has 2 aromatic rings. The van der Waals surface area contributed by atoms with Crippen LogP contribution in [0.5, 0.6) is 0 Å². The molecule has 25 heavy (non-hydrogen) atoms. The Morgan fingerprint density at radius 2 is 1.92 bits per heavy atom. The molecule has 1 unspecified atom stereocenters. The molecule has 1 aromatic carbocycles. The molecular weight excluding hydrogens is 328 g/mol. The maximum Gasteiger partial charge on any atom is 0.191 e. The Hall–Kier alpha value is -1.33. The molecule has 0 saturated carbocycles. The van der Waals surface area contributed by atoms with Crippen molar-refractivity contribution >= 4 is 11.8 Å². The van der Waals surface area contributed by atoms with Crippen molar-refractivity contribution in [2.45, 2.75) is 70.5 Å². The minimum absolute atomic E-state index is 0.319. The first-order valence-electron chi connectivity index (χ1n) is 9.26. The number of benzene rings is 1. The van der Waals surface area contributed by atoms with Gasteiger partial charge in [0.25, 0.3) is 0 Å². The van der Waals surface area contributed by atoms with Gasteiger partial charge in [0, 0.05) is 12.3 Å². The van der Waals surface area contributed by atoms with Crippen LogP contribution in [0.3, 0.4) is 0 Å². The van der Waals surface area contributed by atoms with Crippen molar-refractivity contribution in [1.29, 1.82) is 0 Å². The zero-order chi connectivity index (χ0) is 18.4. The highest BCUT2D eigenvalue weighted by Crippen LogP contribution is 2.28. The summed E-state index contributed by atoms with van der Waals surface area (Å²) in [5.41, 5.74) is 4.04. The second kappa shape index (κ2) is 9.39. The maximum atomic E-state index is 4.56. The van der Waals surface area contributed by atoms with Crippen LogP contribution in [0.1, 0.15) is 61.7 Å². The number of thioether (sulfide) groups is 1. The summed E-state index contributed by atoms with van der Waals surface area (Å²) in [6.45, 7) is 9.78. The Morgan fingerprint density at radius 1 is 1.16 bits per heavy atom. The molecule has 1 atom stereocenters. The molecule has 4 nitrogen and oxygen atoms in total.